The fourth-order valence-electron chi connectivity index (χ4n) is 2.98. The molecule has 1 aromatic heterocycles. The number of carbonyl (C=O) groups is 1. The van der Waals surface area contributed by atoms with E-state index >= 15 is 0 Å². The number of ether oxygens (including phenoxy) is 1. The van der Waals surface area contributed by atoms with Crippen LogP contribution in [0.1, 0.15) is 18.6 Å². The highest BCUT2D eigenvalue weighted by Crippen LogP contribution is 2.34. The standard InChI is InChI=1S/C19H16ClNO3S2/c20-13-5-3-12(4-6-13)16-8-7-14(24-16)10-17-18(22)21(19(25)26-17)11-15-2-1-9-23-15/h3-8,10,15H,1-2,9,11H2/b17-10+/t15-/m0/s1. The average Bonchev–Trinajstić information content (AvgIpc) is 3.35. The van der Waals surface area contributed by atoms with Crippen molar-refractivity contribution in [1.29, 1.82) is 0 Å². The molecular weight excluding hydrogens is 390 g/mol. The summed E-state index contributed by atoms with van der Waals surface area (Å²) in [6, 6.07) is 11.1. The van der Waals surface area contributed by atoms with Gasteiger partial charge in [0.25, 0.3) is 5.91 Å². The molecule has 0 N–H and O–H groups in total. The number of nitrogens with zero attached hydrogens (tertiary/aromatic N) is 1. The Morgan fingerprint density at radius 2 is 2.08 bits per heavy atom. The van der Waals surface area contributed by atoms with E-state index in [1.54, 1.807) is 11.0 Å². The predicted molar refractivity (Wildman–Crippen MR) is 108 cm³/mol. The SMILES string of the molecule is O=C1/C(=C\c2ccc(-c3ccc(Cl)cc3)o2)SC(=S)N1C[C@@H]1CCCO1. The van der Waals surface area contributed by atoms with Gasteiger partial charge in [-0.3, -0.25) is 9.69 Å². The maximum atomic E-state index is 12.7. The number of benzene rings is 1. The molecule has 0 saturated carbocycles. The zero-order valence-corrected chi connectivity index (χ0v) is 16.2. The molecule has 2 aromatic rings. The molecule has 2 fully saturated rings. The molecule has 134 valence electrons. The minimum Gasteiger partial charge on any atom is -0.457 e. The molecule has 2 saturated heterocycles. The van der Waals surface area contributed by atoms with Crippen molar-refractivity contribution in [3.05, 3.63) is 52.1 Å². The third-order valence-electron chi connectivity index (χ3n) is 4.31. The van der Waals surface area contributed by atoms with Crippen molar-refractivity contribution in [3.8, 4) is 11.3 Å². The van der Waals surface area contributed by atoms with Crippen LogP contribution in [-0.2, 0) is 9.53 Å². The van der Waals surface area contributed by atoms with Crippen molar-refractivity contribution < 1.29 is 13.9 Å². The van der Waals surface area contributed by atoms with Crippen LogP contribution < -0.4 is 0 Å². The maximum Gasteiger partial charge on any atom is 0.266 e. The lowest BCUT2D eigenvalue weighted by atomic mass is 10.2. The number of hydrogen-bond acceptors (Lipinski definition) is 5. The normalized spacial score (nSPS) is 22.0. The molecule has 2 aliphatic heterocycles. The van der Waals surface area contributed by atoms with E-state index in [2.05, 4.69) is 0 Å². The number of thioether (sulfide) groups is 1. The van der Waals surface area contributed by atoms with E-state index in [4.69, 9.17) is 33.0 Å². The Labute approximate surface area is 166 Å². The van der Waals surface area contributed by atoms with Gasteiger partial charge in [0.1, 0.15) is 15.8 Å². The van der Waals surface area contributed by atoms with Gasteiger partial charge in [0.05, 0.1) is 17.6 Å². The van der Waals surface area contributed by atoms with Crippen molar-refractivity contribution in [1.82, 2.24) is 4.90 Å². The van der Waals surface area contributed by atoms with E-state index in [0.29, 0.717) is 26.6 Å². The van der Waals surface area contributed by atoms with Crippen molar-refractivity contribution in [2.45, 2.75) is 18.9 Å². The molecule has 26 heavy (non-hydrogen) atoms. The van der Waals surface area contributed by atoms with Crippen molar-refractivity contribution in [3.63, 3.8) is 0 Å². The highest BCUT2D eigenvalue weighted by molar-refractivity contribution is 8.26. The van der Waals surface area contributed by atoms with Gasteiger partial charge in [0.15, 0.2) is 0 Å². The topological polar surface area (TPSA) is 42.7 Å². The van der Waals surface area contributed by atoms with Crippen molar-refractivity contribution >= 4 is 51.9 Å². The zero-order chi connectivity index (χ0) is 18.1. The van der Waals surface area contributed by atoms with Crippen LogP contribution in [-0.4, -0.2) is 34.4 Å². The Morgan fingerprint density at radius 3 is 2.81 bits per heavy atom. The van der Waals surface area contributed by atoms with Gasteiger partial charge in [0.2, 0.25) is 0 Å². The van der Waals surface area contributed by atoms with Crippen LogP contribution >= 0.6 is 35.6 Å². The fraction of sp³-hybridized carbons (Fsp3) is 0.263. The average molecular weight is 406 g/mol. The van der Waals surface area contributed by atoms with Crippen LogP contribution in [0.2, 0.25) is 5.02 Å². The third kappa shape index (κ3) is 3.74. The van der Waals surface area contributed by atoms with Gasteiger partial charge in [-0.05, 0) is 49.2 Å². The number of furan rings is 1. The summed E-state index contributed by atoms with van der Waals surface area (Å²) in [6.45, 7) is 1.28. The third-order valence-corrected chi connectivity index (χ3v) is 5.94. The summed E-state index contributed by atoms with van der Waals surface area (Å²) >= 11 is 12.6. The van der Waals surface area contributed by atoms with E-state index in [-0.39, 0.29) is 12.0 Å². The molecule has 0 spiro atoms. The molecule has 0 aliphatic carbocycles. The number of carbonyl (C=O) groups excluding carboxylic acids is 1. The Bertz CT molecular complexity index is 869. The molecular formula is C19H16ClNO3S2. The van der Waals surface area contributed by atoms with Gasteiger partial charge < -0.3 is 9.15 Å². The summed E-state index contributed by atoms with van der Waals surface area (Å²) in [5, 5.41) is 0.676. The molecule has 0 bridgehead atoms. The minimum atomic E-state index is -0.0834. The fourth-order valence-corrected chi connectivity index (χ4v) is 4.36. The first-order valence-corrected chi connectivity index (χ1v) is 9.93. The first-order chi connectivity index (χ1) is 12.6. The first-order valence-electron chi connectivity index (χ1n) is 8.33. The Kier molecular flexibility index (Phi) is 5.18. The lowest BCUT2D eigenvalue weighted by Gasteiger charge is -2.18. The maximum absolute atomic E-state index is 12.7. The number of amides is 1. The Balaban J connectivity index is 1.50. The summed E-state index contributed by atoms with van der Waals surface area (Å²) in [5.74, 6) is 1.26. The first kappa shape index (κ1) is 17.8. The van der Waals surface area contributed by atoms with Crippen LogP contribution in [0.15, 0.2) is 45.7 Å². The minimum absolute atomic E-state index is 0.0805. The molecule has 1 amide bonds. The Morgan fingerprint density at radius 1 is 1.27 bits per heavy atom. The van der Waals surface area contributed by atoms with Crippen molar-refractivity contribution in [2.75, 3.05) is 13.2 Å². The van der Waals surface area contributed by atoms with E-state index in [1.165, 1.54) is 11.8 Å². The lowest BCUT2D eigenvalue weighted by molar-refractivity contribution is -0.123. The number of halogens is 1. The second-order valence-corrected chi connectivity index (χ2v) is 8.25. The second kappa shape index (κ2) is 7.56. The number of rotatable bonds is 4. The van der Waals surface area contributed by atoms with Gasteiger partial charge >= 0.3 is 0 Å². The summed E-state index contributed by atoms with van der Waals surface area (Å²) in [6.07, 6.45) is 3.83. The van der Waals surface area contributed by atoms with Gasteiger partial charge in [-0.15, -0.1) is 0 Å². The Hall–Kier alpha value is -1.60. The molecule has 1 aromatic carbocycles. The summed E-state index contributed by atoms with van der Waals surface area (Å²) in [4.78, 5) is 14.9. The van der Waals surface area contributed by atoms with Gasteiger partial charge in [0, 0.05) is 23.3 Å². The lowest BCUT2D eigenvalue weighted by Crippen LogP contribution is -2.35. The van der Waals surface area contributed by atoms with Crippen LogP contribution in [0.4, 0.5) is 0 Å². The van der Waals surface area contributed by atoms with E-state index in [0.717, 1.165) is 30.8 Å². The van der Waals surface area contributed by atoms with Gasteiger partial charge in [-0.1, -0.05) is 35.6 Å². The van der Waals surface area contributed by atoms with Crippen LogP contribution in [0, 0.1) is 0 Å². The van der Waals surface area contributed by atoms with Crippen LogP contribution in [0.3, 0.4) is 0 Å². The highest BCUT2D eigenvalue weighted by atomic mass is 35.5. The highest BCUT2D eigenvalue weighted by Gasteiger charge is 2.34. The molecule has 0 unspecified atom stereocenters. The van der Waals surface area contributed by atoms with E-state index in [9.17, 15) is 4.79 Å². The summed E-state index contributed by atoms with van der Waals surface area (Å²) in [5.41, 5.74) is 0.931. The summed E-state index contributed by atoms with van der Waals surface area (Å²) in [7, 11) is 0. The molecule has 4 nitrogen and oxygen atoms in total. The quantitative estimate of drug-likeness (QED) is 0.530. The summed E-state index contributed by atoms with van der Waals surface area (Å²) < 4.78 is 12.0. The molecule has 3 heterocycles. The smallest absolute Gasteiger partial charge is 0.266 e. The number of thiocarbonyl (C=S) groups is 1. The van der Waals surface area contributed by atoms with Crippen molar-refractivity contribution in [2.24, 2.45) is 0 Å². The zero-order valence-electron chi connectivity index (χ0n) is 13.8. The monoisotopic (exact) mass is 405 g/mol. The van der Waals surface area contributed by atoms with E-state index in [1.807, 2.05) is 36.4 Å². The largest absolute Gasteiger partial charge is 0.457 e. The number of hydrogen-bond donors (Lipinski definition) is 0. The van der Waals surface area contributed by atoms with Crippen LogP contribution in [0.25, 0.3) is 17.4 Å². The second-order valence-electron chi connectivity index (χ2n) is 6.14. The molecule has 2 aliphatic rings. The van der Waals surface area contributed by atoms with Gasteiger partial charge in [-0.2, -0.15) is 0 Å². The molecule has 0 radical (unpaired) electrons. The van der Waals surface area contributed by atoms with Crippen LogP contribution in [0.5, 0.6) is 0 Å². The molecule has 1 atom stereocenters. The predicted octanol–water partition coefficient (Wildman–Crippen LogP) is 4.98. The molecule has 4 rings (SSSR count). The van der Waals surface area contributed by atoms with E-state index < -0.39 is 0 Å². The van der Waals surface area contributed by atoms with Gasteiger partial charge in [-0.25, -0.2) is 0 Å². The molecule has 7 heteroatoms.